The fourth-order valence-corrected chi connectivity index (χ4v) is 6.31. The first kappa shape index (κ1) is 29.0. The molecule has 0 amide bonds. The van der Waals surface area contributed by atoms with Crippen LogP contribution >= 0.6 is 0 Å². The van der Waals surface area contributed by atoms with Gasteiger partial charge in [-0.3, -0.25) is 9.55 Å². The predicted octanol–water partition coefficient (Wildman–Crippen LogP) is 10.5. The summed E-state index contributed by atoms with van der Waals surface area (Å²) in [5.74, 6) is 0.887. The van der Waals surface area contributed by atoms with Crippen molar-refractivity contribution in [3.8, 4) is 50.8 Å². The number of allylic oxidation sites excluding steroid dienone is 2. The molecule has 0 spiro atoms. The summed E-state index contributed by atoms with van der Waals surface area (Å²) in [6.45, 7) is 6.02. The van der Waals surface area contributed by atoms with Crippen LogP contribution in [0.15, 0.2) is 159 Å². The normalized spacial score (nSPS) is 11.4. The molecule has 0 unspecified atom stereocenters. The molecule has 0 radical (unpaired) electrons. The van der Waals surface area contributed by atoms with E-state index in [9.17, 15) is 0 Å². The summed E-state index contributed by atoms with van der Waals surface area (Å²) in [7, 11) is 0. The molecule has 0 fully saturated rings. The van der Waals surface area contributed by atoms with E-state index < -0.39 is 0 Å². The molecule has 4 aromatic carbocycles. The molecule has 228 valence electrons. The van der Waals surface area contributed by atoms with Gasteiger partial charge in [-0.15, -0.1) is 0 Å². The first-order valence-electron chi connectivity index (χ1n) is 15.9. The van der Waals surface area contributed by atoms with E-state index in [1.165, 1.54) is 0 Å². The molecule has 0 bridgehead atoms. The highest BCUT2D eigenvalue weighted by molar-refractivity contribution is 6.13. The molecule has 5 nitrogen and oxygen atoms in total. The van der Waals surface area contributed by atoms with Crippen molar-refractivity contribution in [1.29, 1.82) is 0 Å². The lowest BCUT2D eigenvalue weighted by atomic mass is 9.96. The molecule has 0 N–H and O–H groups in total. The van der Waals surface area contributed by atoms with Gasteiger partial charge in [0.25, 0.3) is 0 Å². The maximum absolute atomic E-state index is 5.38. The number of aryl methyl sites for hydroxylation is 1. The van der Waals surface area contributed by atoms with Gasteiger partial charge in [0.05, 0.1) is 33.8 Å². The second kappa shape index (κ2) is 12.4. The number of imidazole rings is 1. The Labute approximate surface area is 279 Å². The van der Waals surface area contributed by atoms with Crippen molar-refractivity contribution in [2.45, 2.75) is 6.92 Å². The van der Waals surface area contributed by atoms with Gasteiger partial charge in [0, 0.05) is 45.7 Å². The molecule has 48 heavy (non-hydrogen) atoms. The predicted molar refractivity (Wildman–Crippen MR) is 198 cm³/mol. The van der Waals surface area contributed by atoms with Crippen LogP contribution in [0.3, 0.4) is 0 Å². The van der Waals surface area contributed by atoms with Crippen molar-refractivity contribution < 1.29 is 0 Å². The Morgan fingerprint density at radius 2 is 1.33 bits per heavy atom. The minimum absolute atomic E-state index is 0.880. The van der Waals surface area contributed by atoms with Crippen molar-refractivity contribution in [3.63, 3.8) is 0 Å². The van der Waals surface area contributed by atoms with Crippen LogP contribution in [-0.4, -0.2) is 24.5 Å². The third-order valence-corrected chi connectivity index (χ3v) is 8.68. The van der Waals surface area contributed by atoms with Gasteiger partial charge in [0.1, 0.15) is 5.82 Å². The molecular formula is C43H31N5. The van der Waals surface area contributed by atoms with Crippen LogP contribution in [0.25, 0.3) is 78.7 Å². The van der Waals surface area contributed by atoms with E-state index in [0.29, 0.717) is 0 Å². The largest absolute Gasteiger partial charge is 0.292 e. The number of para-hydroxylation sites is 1. The Balaban J connectivity index is 1.35. The summed E-state index contributed by atoms with van der Waals surface area (Å²) in [5, 5.41) is 2.14. The number of hydrogen-bond acceptors (Lipinski definition) is 4. The molecule has 0 saturated heterocycles. The zero-order valence-corrected chi connectivity index (χ0v) is 26.5. The van der Waals surface area contributed by atoms with E-state index in [-0.39, 0.29) is 0 Å². The number of benzene rings is 4. The lowest BCUT2D eigenvalue weighted by Gasteiger charge is -2.14. The number of hydrogen-bond donors (Lipinski definition) is 0. The minimum Gasteiger partial charge on any atom is -0.292 e. The maximum Gasteiger partial charge on any atom is 0.145 e. The monoisotopic (exact) mass is 617 g/mol. The molecule has 0 aliphatic carbocycles. The Bertz CT molecular complexity index is 2440. The summed E-state index contributed by atoms with van der Waals surface area (Å²) in [4.78, 5) is 19.9. The maximum atomic E-state index is 5.38. The summed E-state index contributed by atoms with van der Waals surface area (Å²) < 4.78 is 2.25. The summed E-state index contributed by atoms with van der Waals surface area (Å²) in [6, 6.07) is 43.7. The molecule has 0 saturated carbocycles. The van der Waals surface area contributed by atoms with Gasteiger partial charge in [0.2, 0.25) is 0 Å². The molecule has 0 aliphatic heterocycles. The van der Waals surface area contributed by atoms with Gasteiger partial charge in [-0.1, -0.05) is 104 Å². The number of nitrogens with zero attached hydrogens (tertiary/aromatic N) is 5. The van der Waals surface area contributed by atoms with Gasteiger partial charge < -0.3 is 0 Å². The van der Waals surface area contributed by atoms with Crippen LogP contribution in [0.1, 0.15) is 11.3 Å². The first-order chi connectivity index (χ1) is 23.7. The Hall–Kier alpha value is -6.46. The molecular weight excluding hydrogens is 587 g/mol. The highest BCUT2D eigenvalue weighted by atomic mass is 15.1. The molecule has 0 atom stereocenters. The van der Waals surface area contributed by atoms with Gasteiger partial charge in [-0.2, -0.15) is 0 Å². The third-order valence-electron chi connectivity index (χ3n) is 8.68. The van der Waals surface area contributed by atoms with Crippen molar-refractivity contribution >= 4 is 27.9 Å². The van der Waals surface area contributed by atoms with Crippen LogP contribution in [0, 0.1) is 6.92 Å². The average molecular weight is 618 g/mol. The lowest BCUT2D eigenvalue weighted by molar-refractivity contribution is 1.10. The van der Waals surface area contributed by atoms with Crippen LogP contribution in [0.2, 0.25) is 0 Å². The highest BCUT2D eigenvalue weighted by Gasteiger charge is 2.21. The van der Waals surface area contributed by atoms with Gasteiger partial charge in [-0.05, 0) is 66.4 Å². The molecule has 4 heterocycles. The zero-order chi connectivity index (χ0) is 32.5. The quantitative estimate of drug-likeness (QED) is 0.167. The van der Waals surface area contributed by atoms with Crippen LogP contribution in [0.5, 0.6) is 0 Å². The Morgan fingerprint density at radius 3 is 2.06 bits per heavy atom. The van der Waals surface area contributed by atoms with Crippen molar-refractivity contribution in [2.75, 3.05) is 0 Å². The SMILES string of the molecule is C=C/C=C\c1nc(-c2ccc(-c3cccc(-c4cccnc4)n3)cc2)c2c(ccc3c2nc(-c2ccccc2)n3-c2ccccc2)c1C. The van der Waals surface area contributed by atoms with Gasteiger partial charge in [0.15, 0.2) is 0 Å². The topological polar surface area (TPSA) is 56.5 Å². The fourth-order valence-electron chi connectivity index (χ4n) is 6.31. The van der Waals surface area contributed by atoms with Gasteiger partial charge >= 0.3 is 0 Å². The molecule has 5 heteroatoms. The van der Waals surface area contributed by atoms with Crippen molar-refractivity contribution in [3.05, 3.63) is 170 Å². The molecule has 4 aromatic heterocycles. The first-order valence-corrected chi connectivity index (χ1v) is 15.9. The summed E-state index contributed by atoms with van der Waals surface area (Å²) in [6.07, 6.45) is 9.35. The van der Waals surface area contributed by atoms with E-state index in [1.807, 2.05) is 60.8 Å². The molecule has 8 aromatic rings. The Kier molecular flexibility index (Phi) is 7.48. The van der Waals surface area contributed by atoms with E-state index in [4.69, 9.17) is 15.0 Å². The Morgan fingerprint density at radius 1 is 0.625 bits per heavy atom. The van der Waals surface area contributed by atoms with Crippen molar-refractivity contribution in [1.82, 2.24) is 24.5 Å². The standard InChI is InChI=1S/C43H31N5/c1-3-4-18-36-29(2)35-25-26-39-42(47-43(32-13-7-5-8-14-32)48(39)34-16-9-6-10-17-34)40(35)41(46-36)31-23-21-30(22-24-31)37-19-11-20-38(45-37)33-15-12-27-44-28-33/h3-28H,1H2,2H3/b18-4-. The summed E-state index contributed by atoms with van der Waals surface area (Å²) in [5.41, 5.74) is 11.7. The van der Waals surface area contributed by atoms with Crippen LogP contribution < -0.4 is 0 Å². The van der Waals surface area contributed by atoms with Gasteiger partial charge in [-0.25, -0.2) is 15.0 Å². The molecule has 8 rings (SSSR count). The van der Waals surface area contributed by atoms with Crippen LogP contribution in [0.4, 0.5) is 0 Å². The number of pyridine rings is 3. The van der Waals surface area contributed by atoms with E-state index in [0.717, 1.165) is 83.9 Å². The second-order valence-corrected chi connectivity index (χ2v) is 11.6. The number of aromatic nitrogens is 5. The highest BCUT2D eigenvalue weighted by Crippen LogP contribution is 2.39. The average Bonchev–Trinajstić information content (AvgIpc) is 3.56. The molecule has 0 aliphatic rings. The third kappa shape index (κ3) is 5.17. The van der Waals surface area contributed by atoms with E-state index in [1.54, 1.807) is 12.3 Å². The van der Waals surface area contributed by atoms with E-state index in [2.05, 4.69) is 108 Å². The summed E-state index contributed by atoms with van der Waals surface area (Å²) >= 11 is 0. The second-order valence-electron chi connectivity index (χ2n) is 11.6. The number of fused-ring (bicyclic) bond motifs is 3. The zero-order valence-electron chi connectivity index (χ0n) is 26.5. The number of rotatable bonds is 7. The van der Waals surface area contributed by atoms with E-state index >= 15 is 0 Å². The fraction of sp³-hybridized carbons (Fsp3) is 0.0233. The van der Waals surface area contributed by atoms with Crippen LogP contribution in [-0.2, 0) is 0 Å². The smallest absolute Gasteiger partial charge is 0.145 e. The minimum atomic E-state index is 0.880. The van der Waals surface area contributed by atoms with Crippen molar-refractivity contribution in [2.24, 2.45) is 0 Å². The lowest BCUT2D eigenvalue weighted by Crippen LogP contribution is -1.98.